The Morgan fingerprint density at radius 1 is 1.03 bits per heavy atom. The van der Waals surface area contributed by atoms with E-state index in [4.69, 9.17) is 4.98 Å². The summed E-state index contributed by atoms with van der Waals surface area (Å²) in [5.41, 5.74) is 3.20. The van der Waals surface area contributed by atoms with Gasteiger partial charge in [-0.1, -0.05) is 68.8 Å². The summed E-state index contributed by atoms with van der Waals surface area (Å²) in [6.45, 7) is 6.12. The van der Waals surface area contributed by atoms with Crippen LogP contribution in [-0.2, 0) is 11.3 Å². The number of aromatic nitrogens is 2. The molecule has 0 N–H and O–H groups in total. The highest BCUT2D eigenvalue weighted by molar-refractivity contribution is 6.05. The highest BCUT2D eigenvalue weighted by Gasteiger charge is 2.35. The van der Waals surface area contributed by atoms with Gasteiger partial charge in [0.1, 0.15) is 5.82 Å². The number of fused-ring (bicyclic) bond motifs is 2. The smallest absolute Gasteiger partial charge is 0.227 e. The first kappa shape index (κ1) is 18.9. The first-order valence-electron chi connectivity index (χ1n) is 10.9. The molecule has 1 amide bonds. The molecule has 0 radical (unpaired) electrons. The maximum absolute atomic E-state index is 13.1. The second-order valence-electron chi connectivity index (χ2n) is 8.49. The molecule has 0 spiro atoms. The van der Waals surface area contributed by atoms with Gasteiger partial charge in [-0.3, -0.25) is 4.79 Å². The molecule has 1 saturated heterocycles. The van der Waals surface area contributed by atoms with E-state index in [0.717, 1.165) is 40.8 Å². The Morgan fingerprint density at radius 2 is 1.80 bits per heavy atom. The fourth-order valence-corrected chi connectivity index (χ4v) is 4.60. The van der Waals surface area contributed by atoms with Gasteiger partial charge in [-0.25, -0.2) is 4.98 Å². The third kappa shape index (κ3) is 3.17. The Balaban J connectivity index is 1.54. The molecule has 3 aromatic carbocycles. The number of carbonyl (C=O) groups excluding carboxylic acids is 1. The lowest BCUT2D eigenvalue weighted by Crippen LogP contribution is -2.25. The fraction of sp³-hybridized carbons (Fsp3) is 0.308. The van der Waals surface area contributed by atoms with Crippen molar-refractivity contribution in [3.05, 3.63) is 72.6 Å². The largest absolute Gasteiger partial charge is 0.327 e. The van der Waals surface area contributed by atoms with Gasteiger partial charge in [0.15, 0.2) is 0 Å². The van der Waals surface area contributed by atoms with Crippen molar-refractivity contribution in [1.82, 2.24) is 9.55 Å². The Labute approximate surface area is 177 Å². The average Bonchev–Trinajstić information content (AvgIpc) is 3.34. The van der Waals surface area contributed by atoms with Crippen molar-refractivity contribution in [2.45, 2.75) is 39.2 Å². The Hall–Kier alpha value is -3.14. The molecule has 0 aliphatic carbocycles. The predicted octanol–water partition coefficient (Wildman–Crippen LogP) is 5.76. The summed E-state index contributed by atoms with van der Waals surface area (Å²) in [4.78, 5) is 20.0. The topological polar surface area (TPSA) is 38.1 Å². The van der Waals surface area contributed by atoms with E-state index < -0.39 is 0 Å². The highest BCUT2D eigenvalue weighted by atomic mass is 16.2. The van der Waals surface area contributed by atoms with Crippen molar-refractivity contribution in [3.63, 3.8) is 0 Å². The minimum Gasteiger partial charge on any atom is -0.327 e. The van der Waals surface area contributed by atoms with Crippen molar-refractivity contribution >= 4 is 33.4 Å². The van der Waals surface area contributed by atoms with Crippen LogP contribution in [0.25, 0.3) is 21.8 Å². The second kappa shape index (κ2) is 7.60. The predicted molar refractivity (Wildman–Crippen MR) is 123 cm³/mol. The van der Waals surface area contributed by atoms with Crippen LogP contribution in [0.1, 0.15) is 38.4 Å². The van der Waals surface area contributed by atoms with Crippen LogP contribution >= 0.6 is 0 Å². The minimum atomic E-state index is 0.105. The van der Waals surface area contributed by atoms with Gasteiger partial charge < -0.3 is 9.47 Å². The summed E-state index contributed by atoms with van der Waals surface area (Å²) in [7, 11) is 0. The summed E-state index contributed by atoms with van der Waals surface area (Å²) < 4.78 is 2.36. The third-order valence-electron chi connectivity index (χ3n) is 6.42. The van der Waals surface area contributed by atoms with Crippen LogP contribution in [0.3, 0.4) is 0 Å². The van der Waals surface area contributed by atoms with E-state index in [1.54, 1.807) is 0 Å². The van der Waals surface area contributed by atoms with Crippen LogP contribution in [0, 0.1) is 5.92 Å². The number of hydrogen-bond donors (Lipinski definition) is 0. The minimum absolute atomic E-state index is 0.105. The number of imidazole rings is 1. The summed E-state index contributed by atoms with van der Waals surface area (Å²) in [5.74, 6) is 1.90. The van der Waals surface area contributed by atoms with E-state index in [1.165, 1.54) is 5.52 Å². The molecule has 5 rings (SSSR count). The Morgan fingerprint density at radius 3 is 2.67 bits per heavy atom. The average molecular weight is 398 g/mol. The number of hydrogen-bond acceptors (Lipinski definition) is 2. The summed E-state index contributed by atoms with van der Waals surface area (Å²) in [5, 5.41) is 2.29. The summed E-state index contributed by atoms with van der Waals surface area (Å²) in [6.07, 6.45) is 1.63. The molecule has 4 heteroatoms. The van der Waals surface area contributed by atoms with Gasteiger partial charge in [0.2, 0.25) is 5.91 Å². The fourth-order valence-electron chi connectivity index (χ4n) is 4.60. The van der Waals surface area contributed by atoms with E-state index in [9.17, 15) is 4.79 Å². The van der Waals surface area contributed by atoms with Gasteiger partial charge >= 0.3 is 0 Å². The number of carbonyl (C=O) groups is 1. The van der Waals surface area contributed by atoms with Crippen LogP contribution < -0.4 is 4.90 Å². The van der Waals surface area contributed by atoms with E-state index >= 15 is 0 Å². The molecule has 0 bridgehead atoms. The molecule has 1 aromatic heterocycles. The lowest BCUT2D eigenvalue weighted by atomic mass is 10.1. The van der Waals surface area contributed by atoms with Crippen LogP contribution in [0.2, 0.25) is 0 Å². The van der Waals surface area contributed by atoms with Gasteiger partial charge in [0.25, 0.3) is 0 Å². The molecule has 152 valence electrons. The van der Waals surface area contributed by atoms with Crippen LogP contribution in [-0.4, -0.2) is 22.0 Å². The molecule has 2 unspecified atom stereocenters. The number of anilines is 1. The number of benzene rings is 3. The summed E-state index contributed by atoms with van der Waals surface area (Å²) in [6, 6.07) is 22.8. The van der Waals surface area contributed by atoms with Gasteiger partial charge in [-0.15, -0.1) is 0 Å². The van der Waals surface area contributed by atoms with E-state index in [1.807, 2.05) is 29.2 Å². The van der Waals surface area contributed by atoms with E-state index in [-0.39, 0.29) is 11.8 Å². The molecule has 1 aliphatic rings. The van der Waals surface area contributed by atoms with Gasteiger partial charge in [0, 0.05) is 30.8 Å². The summed E-state index contributed by atoms with van der Waals surface area (Å²) >= 11 is 0. The zero-order valence-electron chi connectivity index (χ0n) is 17.6. The maximum atomic E-state index is 13.1. The van der Waals surface area contributed by atoms with Gasteiger partial charge in [-0.05, 0) is 29.5 Å². The molecule has 2 atom stereocenters. The number of rotatable bonds is 5. The van der Waals surface area contributed by atoms with E-state index in [0.29, 0.717) is 18.9 Å². The van der Waals surface area contributed by atoms with Gasteiger partial charge in [0.05, 0.1) is 16.7 Å². The zero-order chi connectivity index (χ0) is 20.7. The molecule has 1 aliphatic heterocycles. The SMILES string of the molecule is CCC(C)Cn1c(C2CC(=O)N(c3cccc4ccccc34)C2)nc2ccccc21. The van der Waals surface area contributed by atoms with Crippen LogP contribution in [0.15, 0.2) is 66.7 Å². The number of nitrogens with zero attached hydrogens (tertiary/aromatic N) is 3. The van der Waals surface area contributed by atoms with E-state index in [2.05, 4.69) is 60.9 Å². The molecule has 30 heavy (non-hydrogen) atoms. The van der Waals surface area contributed by atoms with Crippen molar-refractivity contribution in [3.8, 4) is 0 Å². The van der Waals surface area contributed by atoms with Crippen molar-refractivity contribution in [2.75, 3.05) is 11.4 Å². The Kier molecular flexibility index (Phi) is 4.78. The molecule has 0 saturated carbocycles. The van der Waals surface area contributed by atoms with Crippen LogP contribution in [0.4, 0.5) is 5.69 Å². The zero-order valence-corrected chi connectivity index (χ0v) is 17.6. The van der Waals surface area contributed by atoms with Gasteiger partial charge in [-0.2, -0.15) is 0 Å². The molecule has 1 fully saturated rings. The molecule has 2 heterocycles. The number of para-hydroxylation sites is 2. The number of amides is 1. The standard InChI is InChI=1S/C26H27N3O/c1-3-18(2)16-29-24-13-7-6-12-22(24)27-26(29)20-15-25(30)28(17-20)23-14-8-10-19-9-4-5-11-21(19)23/h4-14,18,20H,3,15-17H2,1-2H3. The first-order valence-corrected chi connectivity index (χ1v) is 10.9. The van der Waals surface area contributed by atoms with Crippen molar-refractivity contribution in [1.29, 1.82) is 0 Å². The molecular weight excluding hydrogens is 370 g/mol. The normalized spacial score (nSPS) is 17.9. The first-order chi connectivity index (χ1) is 14.7. The second-order valence-corrected chi connectivity index (χ2v) is 8.49. The highest BCUT2D eigenvalue weighted by Crippen LogP contribution is 2.36. The quantitative estimate of drug-likeness (QED) is 0.430. The Bertz CT molecular complexity index is 1220. The van der Waals surface area contributed by atoms with Crippen molar-refractivity contribution < 1.29 is 4.79 Å². The maximum Gasteiger partial charge on any atom is 0.227 e. The molecule has 4 nitrogen and oxygen atoms in total. The third-order valence-corrected chi connectivity index (χ3v) is 6.42. The van der Waals surface area contributed by atoms with Crippen LogP contribution in [0.5, 0.6) is 0 Å². The molecular formula is C26H27N3O. The monoisotopic (exact) mass is 397 g/mol. The lowest BCUT2D eigenvalue weighted by Gasteiger charge is -2.20. The lowest BCUT2D eigenvalue weighted by molar-refractivity contribution is -0.117. The van der Waals surface area contributed by atoms with Crippen molar-refractivity contribution in [2.24, 2.45) is 5.92 Å². The molecule has 4 aromatic rings.